The third-order valence-corrected chi connectivity index (χ3v) is 7.66. The Labute approximate surface area is 189 Å². The lowest BCUT2D eigenvalue weighted by atomic mass is 10.2. The van der Waals surface area contributed by atoms with E-state index in [9.17, 15) is 12.8 Å². The third kappa shape index (κ3) is 4.83. The van der Waals surface area contributed by atoms with E-state index in [1.165, 1.54) is 28.2 Å². The topological polar surface area (TPSA) is 101 Å². The number of rotatable bonds is 7. The van der Waals surface area contributed by atoms with E-state index in [0.717, 1.165) is 5.56 Å². The van der Waals surface area contributed by atoms with Gasteiger partial charge in [0, 0.05) is 18.7 Å². The van der Waals surface area contributed by atoms with Gasteiger partial charge in [0.25, 0.3) is 0 Å². The smallest absolute Gasteiger partial charge is 0.243 e. The maximum atomic E-state index is 13.3. The maximum absolute atomic E-state index is 13.3. The number of hydrogen-bond acceptors (Lipinski definition) is 7. The number of nitrogens with zero attached hydrogens (tertiary/aromatic N) is 5. The van der Waals surface area contributed by atoms with Gasteiger partial charge in [0.15, 0.2) is 11.0 Å². The molecule has 4 rings (SSSR count). The van der Waals surface area contributed by atoms with Crippen LogP contribution in [0.25, 0.3) is 11.4 Å². The second-order valence-electron chi connectivity index (χ2n) is 7.01. The summed E-state index contributed by atoms with van der Waals surface area (Å²) in [7, 11) is -3.67. The number of nitriles is 1. The molecule has 0 bridgehead atoms. The summed E-state index contributed by atoms with van der Waals surface area (Å²) in [6, 6.07) is 14.7. The summed E-state index contributed by atoms with van der Waals surface area (Å²) in [6.07, 6.45) is 0. The number of thioether (sulfide) groups is 1. The Bertz CT molecular complexity index is 1230. The lowest BCUT2D eigenvalue weighted by molar-refractivity contribution is 0.0730. The van der Waals surface area contributed by atoms with E-state index in [4.69, 9.17) is 10.00 Å². The highest BCUT2D eigenvalue weighted by atomic mass is 32.2. The summed E-state index contributed by atoms with van der Waals surface area (Å²) in [6.45, 7) is 1.69. The molecule has 1 saturated heterocycles. The minimum absolute atomic E-state index is 0.166. The quantitative estimate of drug-likeness (QED) is 0.486. The molecule has 32 heavy (non-hydrogen) atoms. The van der Waals surface area contributed by atoms with E-state index in [-0.39, 0.29) is 16.5 Å². The Morgan fingerprint density at radius 1 is 1.12 bits per heavy atom. The highest BCUT2D eigenvalue weighted by Crippen LogP contribution is 2.28. The Morgan fingerprint density at radius 3 is 2.59 bits per heavy atom. The Hall–Kier alpha value is -2.78. The predicted octanol–water partition coefficient (Wildman–Crippen LogP) is 2.77. The summed E-state index contributed by atoms with van der Waals surface area (Å²) >= 11 is 1.23. The summed E-state index contributed by atoms with van der Waals surface area (Å²) in [5.41, 5.74) is 1.40. The fraction of sp³-hybridized carbons (Fsp3) is 0.286. The number of hydrogen-bond donors (Lipinski definition) is 0. The van der Waals surface area contributed by atoms with Gasteiger partial charge in [-0.2, -0.15) is 9.57 Å². The highest BCUT2D eigenvalue weighted by Gasteiger charge is 2.27. The summed E-state index contributed by atoms with van der Waals surface area (Å²) in [5.74, 6) is 0.319. The first-order valence-electron chi connectivity index (χ1n) is 9.85. The molecule has 0 N–H and O–H groups in total. The highest BCUT2D eigenvalue weighted by molar-refractivity contribution is 7.99. The fourth-order valence-corrected chi connectivity index (χ4v) is 5.41. The van der Waals surface area contributed by atoms with E-state index < -0.39 is 10.0 Å². The summed E-state index contributed by atoms with van der Waals surface area (Å²) in [5, 5.41) is 18.0. The molecule has 1 fully saturated rings. The first-order chi connectivity index (χ1) is 15.5. The van der Waals surface area contributed by atoms with Crippen LogP contribution in [-0.2, 0) is 21.3 Å². The van der Waals surface area contributed by atoms with Crippen molar-refractivity contribution >= 4 is 21.8 Å². The zero-order valence-electron chi connectivity index (χ0n) is 17.0. The van der Waals surface area contributed by atoms with Gasteiger partial charge >= 0.3 is 0 Å². The lowest BCUT2D eigenvalue weighted by Crippen LogP contribution is -2.40. The van der Waals surface area contributed by atoms with Crippen molar-refractivity contribution in [3.63, 3.8) is 0 Å². The van der Waals surface area contributed by atoms with Crippen LogP contribution in [0.5, 0.6) is 0 Å². The molecule has 0 radical (unpaired) electrons. The van der Waals surface area contributed by atoms with Crippen LogP contribution >= 0.6 is 11.8 Å². The summed E-state index contributed by atoms with van der Waals surface area (Å²) in [4.78, 5) is 0.166. The minimum atomic E-state index is -3.67. The van der Waals surface area contributed by atoms with Gasteiger partial charge in [-0.3, -0.25) is 4.57 Å². The molecule has 0 atom stereocenters. The van der Waals surface area contributed by atoms with E-state index in [0.29, 0.717) is 49.4 Å². The van der Waals surface area contributed by atoms with Crippen molar-refractivity contribution in [3.05, 3.63) is 59.9 Å². The molecular formula is C21H20FN5O3S2. The molecule has 1 aliphatic rings. The Balaban J connectivity index is 1.71. The zero-order chi connectivity index (χ0) is 22.6. The predicted molar refractivity (Wildman–Crippen MR) is 117 cm³/mol. The van der Waals surface area contributed by atoms with Crippen molar-refractivity contribution in [1.82, 2.24) is 19.1 Å². The van der Waals surface area contributed by atoms with E-state index >= 15 is 0 Å². The molecule has 8 nitrogen and oxygen atoms in total. The molecule has 2 heterocycles. The van der Waals surface area contributed by atoms with Gasteiger partial charge in [-0.1, -0.05) is 36.0 Å². The molecular weight excluding hydrogens is 453 g/mol. The van der Waals surface area contributed by atoms with Crippen molar-refractivity contribution < 1.29 is 17.5 Å². The van der Waals surface area contributed by atoms with Crippen LogP contribution in [0.2, 0.25) is 0 Å². The van der Waals surface area contributed by atoms with E-state index in [1.807, 2.05) is 0 Å². The van der Waals surface area contributed by atoms with Crippen LogP contribution < -0.4 is 0 Å². The monoisotopic (exact) mass is 473 g/mol. The van der Waals surface area contributed by atoms with Crippen LogP contribution in [0.4, 0.5) is 4.39 Å². The van der Waals surface area contributed by atoms with Crippen molar-refractivity contribution in [2.75, 3.05) is 32.1 Å². The second kappa shape index (κ2) is 9.79. The number of aromatic nitrogens is 3. The molecule has 0 unspecified atom stereocenters. The molecule has 11 heteroatoms. The first kappa shape index (κ1) is 22.4. The molecule has 0 aliphatic carbocycles. The Morgan fingerprint density at radius 2 is 1.88 bits per heavy atom. The van der Waals surface area contributed by atoms with Gasteiger partial charge in [-0.15, -0.1) is 10.2 Å². The Kier molecular flexibility index (Phi) is 6.86. The maximum Gasteiger partial charge on any atom is 0.243 e. The van der Waals surface area contributed by atoms with Crippen LogP contribution in [0.15, 0.2) is 58.6 Å². The largest absolute Gasteiger partial charge is 0.379 e. The van der Waals surface area contributed by atoms with Crippen molar-refractivity contribution in [2.45, 2.75) is 16.6 Å². The lowest BCUT2D eigenvalue weighted by Gasteiger charge is -2.26. The third-order valence-electron chi connectivity index (χ3n) is 4.94. The number of sulfonamides is 1. The van der Waals surface area contributed by atoms with Crippen LogP contribution in [-0.4, -0.2) is 59.5 Å². The molecule has 166 valence electrons. The van der Waals surface area contributed by atoms with Gasteiger partial charge in [-0.25, -0.2) is 12.8 Å². The number of morpholine rings is 1. The molecule has 0 spiro atoms. The van der Waals surface area contributed by atoms with Crippen LogP contribution in [0.1, 0.15) is 5.56 Å². The molecule has 2 aromatic carbocycles. The van der Waals surface area contributed by atoms with Crippen molar-refractivity contribution in [3.8, 4) is 17.5 Å². The van der Waals surface area contributed by atoms with Gasteiger partial charge in [-0.05, 0) is 29.8 Å². The number of benzene rings is 2. The average Bonchev–Trinajstić information content (AvgIpc) is 3.22. The van der Waals surface area contributed by atoms with Crippen molar-refractivity contribution in [1.29, 1.82) is 5.26 Å². The van der Waals surface area contributed by atoms with Crippen LogP contribution in [0, 0.1) is 17.1 Å². The molecule has 1 aromatic heterocycles. The molecule has 3 aromatic rings. The van der Waals surface area contributed by atoms with Crippen LogP contribution in [0.3, 0.4) is 0 Å². The SMILES string of the molecule is N#CCSc1nnc(-c2cccc(S(=O)(=O)N3CCOCC3)c2)n1Cc1ccc(F)cc1. The summed E-state index contributed by atoms with van der Waals surface area (Å²) < 4.78 is 48.0. The van der Waals surface area contributed by atoms with Gasteiger partial charge in [0.2, 0.25) is 10.0 Å². The first-order valence-corrected chi connectivity index (χ1v) is 12.3. The van der Waals surface area contributed by atoms with Crippen molar-refractivity contribution in [2.24, 2.45) is 0 Å². The zero-order valence-corrected chi connectivity index (χ0v) is 18.6. The van der Waals surface area contributed by atoms with Gasteiger partial charge < -0.3 is 4.74 Å². The van der Waals surface area contributed by atoms with Gasteiger partial charge in [0.05, 0.1) is 36.5 Å². The number of ether oxygens (including phenoxy) is 1. The number of halogens is 1. The molecule has 0 saturated carbocycles. The van der Waals surface area contributed by atoms with E-state index in [2.05, 4.69) is 16.3 Å². The van der Waals surface area contributed by atoms with E-state index in [1.54, 1.807) is 41.0 Å². The average molecular weight is 474 g/mol. The normalized spacial score (nSPS) is 14.9. The van der Waals surface area contributed by atoms with Gasteiger partial charge in [0.1, 0.15) is 5.82 Å². The fourth-order valence-electron chi connectivity index (χ4n) is 3.35. The minimum Gasteiger partial charge on any atom is -0.379 e. The molecule has 0 amide bonds. The molecule has 1 aliphatic heterocycles. The standard InChI is InChI=1S/C21H20FN5O3S2/c22-18-6-4-16(5-7-18)15-27-20(24-25-21(27)31-13-8-23)17-2-1-3-19(14-17)32(28,29)26-9-11-30-12-10-26/h1-7,14H,9-13,15H2. The second-order valence-corrected chi connectivity index (χ2v) is 9.89.